The molecule has 1 N–H and O–H groups in total. The summed E-state index contributed by atoms with van der Waals surface area (Å²) < 4.78 is 19.3. The highest BCUT2D eigenvalue weighted by molar-refractivity contribution is 5.35. The van der Waals surface area contributed by atoms with Crippen molar-refractivity contribution in [1.29, 1.82) is 0 Å². The highest BCUT2D eigenvalue weighted by Gasteiger charge is 2.30. The summed E-state index contributed by atoms with van der Waals surface area (Å²) in [5.41, 5.74) is -0.0511. The Kier molecular flexibility index (Phi) is 6.95. The fourth-order valence-electron chi connectivity index (χ4n) is 2.92. The van der Waals surface area contributed by atoms with Crippen molar-refractivity contribution >= 4 is 5.82 Å². The molecule has 0 aromatic carbocycles. The van der Waals surface area contributed by atoms with Gasteiger partial charge in [0.05, 0.1) is 12.7 Å². The molecule has 2 heterocycles. The summed E-state index contributed by atoms with van der Waals surface area (Å²) in [7, 11) is 0. The van der Waals surface area contributed by atoms with Crippen LogP contribution >= 0.6 is 0 Å². The first-order chi connectivity index (χ1) is 11.4. The Labute approximate surface area is 145 Å². The van der Waals surface area contributed by atoms with Gasteiger partial charge in [-0.25, -0.2) is 9.37 Å². The second-order valence-electron chi connectivity index (χ2n) is 7.25. The van der Waals surface area contributed by atoms with Crippen LogP contribution in [0, 0.1) is 5.82 Å². The maximum Gasteiger partial charge on any atom is 0.165 e. The molecular formula is C18H31FN4O. The Morgan fingerprint density at radius 1 is 1.29 bits per heavy atom. The smallest absolute Gasteiger partial charge is 0.165 e. The number of piperazine rings is 1. The number of hydrogen-bond acceptors (Lipinski definition) is 5. The SMILES string of the molecule is CC(C)OCCN1CCN(C(C)(C)CNc2ncccc2F)CC1. The molecule has 1 aromatic heterocycles. The van der Waals surface area contributed by atoms with Crippen LogP contribution in [0.2, 0.25) is 0 Å². The Morgan fingerprint density at radius 2 is 2.00 bits per heavy atom. The highest BCUT2D eigenvalue weighted by atomic mass is 19.1. The average Bonchev–Trinajstić information content (AvgIpc) is 2.54. The summed E-state index contributed by atoms with van der Waals surface area (Å²) >= 11 is 0. The molecule has 1 saturated heterocycles. The fraction of sp³-hybridized carbons (Fsp3) is 0.722. The molecule has 136 valence electrons. The zero-order valence-corrected chi connectivity index (χ0v) is 15.4. The lowest BCUT2D eigenvalue weighted by molar-refractivity contribution is 0.0251. The van der Waals surface area contributed by atoms with Crippen molar-refractivity contribution in [2.24, 2.45) is 0 Å². The minimum atomic E-state index is -0.303. The molecule has 6 heteroatoms. The van der Waals surface area contributed by atoms with Crippen molar-refractivity contribution in [2.45, 2.75) is 39.3 Å². The molecule has 1 fully saturated rings. The predicted octanol–water partition coefficient (Wildman–Crippen LogP) is 2.45. The van der Waals surface area contributed by atoms with Gasteiger partial charge in [-0.15, -0.1) is 0 Å². The van der Waals surface area contributed by atoms with Gasteiger partial charge in [0, 0.05) is 51.0 Å². The van der Waals surface area contributed by atoms with E-state index < -0.39 is 0 Å². The van der Waals surface area contributed by atoms with Gasteiger partial charge in [-0.05, 0) is 39.8 Å². The summed E-state index contributed by atoms with van der Waals surface area (Å²) in [6.07, 6.45) is 1.90. The van der Waals surface area contributed by atoms with Crippen LogP contribution in [0.1, 0.15) is 27.7 Å². The number of anilines is 1. The monoisotopic (exact) mass is 338 g/mol. The van der Waals surface area contributed by atoms with Crippen molar-refractivity contribution in [3.05, 3.63) is 24.1 Å². The first-order valence-corrected chi connectivity index (χ1v) is 8.82. The van der Waals surface area contributed by atoms with Crippen LogP contribution in [0.3, 0.4) is 0 Å². The second-order valence-corrected chi connectivity index (χ2v) is 7.25. The van der Waals surface area contributed by atoms with E-state index in [1.165, 1.54) is 6.07 Å². The van der Waals surface area contributed by atoms with E-state index >= 15 is 0 Å². The van der Waals surface area contributed by atoms with Crippen molar-refractivity contribution < 1.29 is 9.13 Å². The summed E-state index contributed by atoms with van der Waals surface area (Å²) in [6.45, 7) is 15.1. The van der Waals surface area contributed by atoms with E-state index in [1.54, 1.807) is 12.3 Å². The molecule has 0 atom stereocenters. The van der Waals surface area contributed by atoms with E-state index in [0.29, 0.717) is 18.5 Å². The summed E-state index contributed by atoms with van der Waals surface area (Å²) in [6, 6.07) is 3.04. The minimum absolute atomic E-state index is 0.0511. The first kappa shape index (κ1) is 19.1. The molecule has 0 bridgehead atoms. The number of nitrogens with zero attached hydrogens (tertiary/aromatic N) is 3. The molecule has 0 unspecified atom stereocenters. The Hall–Kier alpha value is -1.24. The Morgan fingerprint density at radius 3 is 2.62 bits per heavy atom. The van der Waals surface area contributed by atoms with E-state index in [9.17, 15) is 4.39 Å². The van der Waals surface area contributed by atoms with Gasteiger partial charge < -0.3 is 10.1 Å². The lowest BCUT2D eigenvalue weighted by Gasteiger charge is -2.44. The van der Waals surface area contributed by atoms with Gasteiger partial charge in [0.2, 0.25) is 0 Å². The number of nitrogens with one attached hydrogen (secondary N) is 1. The standard InChI is InChI=1S/C18H31FN4O/c1-15(2)24-13-12-22-8-10-23(11-9-22)18(3,4)14-21-17-16(19)6-5-7-20-17/h5-7,15H,8-14H2,1-4H3,(H,20,21). The van der Waals surface area contributed by atoms with E-state index in [-0.39, 0.29) is 11.4 Å². The molecule has 0 saturated carbocycles. The van der Waals surface area contributed by atoms with Crippen LogP contribution in [-0.4, -0.2) is 72.3 Å². The quantitative estimate of drug-likeness (QED) is 0.788. The highest BCUT2D eigenvalue weighted by Crippen LogP contribution is 2.19. The number of rotatable bonds is 8. The van der Waals surface area contributed by atoms with Gasteiger partial charge >= 0.3 is 0 Å². The van der Waals surface area contributed by atoms with Gasteiger partial charge in [-0.2, -0.15) is 0 Å². The zero-order chi connectivity index (χ0) is 17.6. The van der Waals surface area contributed by atoms with E-state index in [1.807, 2.05) is 0 Å². The fourth-order valence-corrected chi connectivity index (χ4v) is 2.92. The molecule has 1 aromatic rings. The molecule has 0 radical (unpaired) electrons. The third-order valence-electron chi connectivity index (χ3n) is 4.53. The number of ether oxygens (including phenoxy) is 1. The van der Waals surface area contributed by atoms with Gasteiger partial charge in [0.25, 0.3) is 0 Å². The predicted molar refractivity (Wildman–Crippen MR) is 95.9 cm³/mol. The molecule has 24 heavy (non-hydrogen) atoms. The van der Waals surface area contributed by atoms with Crippen molar-refractivity contribution in [3.8, 4) is 0 Å². The molecule has 1 aliphatic rings. The normalized spacial score (nSPS) is 17.4. The number of pyridine rings is 1. The minimum Gasteiger partial charge on any atom is -0.377 e. The molecular weight excluding hydrogens is 307 g/mol. The van der Waals surface area contributed by atoms with Crippen molar-refractivity contribution in [1.82, 2.24) is 14.8 Å². The topological polar surface area (TPSA) is 40.6 Å². The van der Waals surface area contributed by atoms with Gasteiger partial charge in [0.1, 0.15) is 0 Å². The van der Waals surface area contributed by atoms with Gasteiger partial charge in [0.15, 0.2) is 11.6 Å². The number of aromatic nitrogens is 1. The Bertz CT molecular complexity index is 502. The van der Waals surface area contributed by atoms with Crippen LogP contribution in [0.15, 0.2) is 18.3 Å². The lowest BCUT2D eigenvalue weighted by atomic mass is 10.0. The molecule has 0 amide bonds. The zero-order valence-electron chi connectivity index (χ0n) is 15.4. The molecule has 1 aliphatic heterocycles. The molecule has 0 aliphatic carbocycles. The first-order valence-electron chi connectivity index (χ1n) is 8.82. The molecule has 5 nitrogen and oxygen atoms in total. The summed E-state index contributed by atoms with van der Waals surface area (Å²) in [4.78, 5) is 8.96. The van der Waals surface area contributed by atoms with Crippen LogP contribution < -0.4 is 5.32 Å². The number of halogens is 1. The van der Waals surface area contributed by atoms with E-state index in [0.717, 1.165) is 39.3 Å². The Balaban J connectivity index is 1.76. The summed E-state index contributed by atoms with van der Waals surface area (Å²) in [5.74, 6) is 0.0262. The van der Waals surface area contributed by atoms with Crippen LogP contribution in [0.25, 0.3) is 0 Å². The van der Waals surface area contributed by atoms with E-state index in [2.05, 4.69) is 47.8 Å². The average molecular weight is 338 g/mol. The second kappa shape index (κ2) is 8.74. The lowest BCUT2D eigenvalue weighted by Crippen LogP contribution is -2.57. The van der Waals surface area contributed by atoms with Crippen molar-refractivity contribution in [3.63, 3.8) is 0 Å². The molecule has 0 spiro atoms. The van der Waals surface area contributed by atoms with Crippen molar-refractivity contribution in [2.75, 3.05) is 51.2 Å². The van der Waals surface area contributed by atoms with Crippen LogP contribution in [0.5, 0.6) is 0 Å². The molecule has 2 rings (SSSR count). The third kappa shape index (κ3) is 5.69. The van der Waals surface area contributed by atoms with E-state index in [4.69, 9.17) is 4.74 Å². The largest absolute Gasteiger partial charge is 0.377 e. The number of hydrogen-bond donors (Lipinski definition) is 1. The maximum absolute atomic E-state index is 13.7. The summed E-state index contributed by atoms with van der Waals surface area (Å²) in [5, 5.41) is 3.15. The maximum atomic E-state index is 13.7. The third-order valence-corrected chi connectivity index (χ3v) is 4.53. The van der Waals surface area contributed by atoms with Crippen LogP contribution in [0.4, 0.5) is 10.2 Å². The van der Waals surface area contributed by atoms with Crippen LogP contribution in [-0.2, 0) is 4.74 Å². The van der Waals surface area contributed by atoms with Gasteiger partial charge in [-0.1, -0.05) is 0 Å². The van der Waals surface area contributed by atoms with Gasteiger partial charge in [-0.3, -0.25) is 9.80 Å².